The highest BCUT2D eigenvalue weighted by molar-refractivity contribution is 6.32. The predicted molar refractivity (Wildman–Crippen MR) is 180 cm³/mol. The van der Waals surface area contributed by atoms with Crippen molar-refractivity contribution in [1.82, 2.24) is 15.0 Å². The highest BCUT2D eigenvalue weighted by atomic mass is 35.5. The van der Waals surface area contributed by atoms with Crippen molar-refractivity contribution in [3.8, 4) is 11.5 Å². The number of ketones is 1. The van der Waals surface area contributed by atoms with Gasteiger partial charge in [-0.15, -0.1) is 18.3 Å². The van der Waals surface area contributed by atoms with Gasteiger partial charge in [-0.25, -0.2) is 4.68 Å². The van der Waals surface area contributed by atoms with E-state index >= 15 is 0 Å². The molecular weight excluding hydrogens is 695 g/mol. The molecule has 0 fully saturated rings. The lowest BCUT2D eigenvalue weighted by molar-refractivity contribution is -0.274. The van der Waals surface area contributed by atoms with Crippen LogP contribution in [0.4, 0.5) is 13.2 Å². The van der Waals surface area contributed by atoms with E-state index in [9.17, 15) is 32.3 Å². The molecule has 51 heavy (non-hydrogen) atoms. The number of aryl methyl sites for hydroxylation is 1. The number of hydrogen-bond acceptors (Lipinski definition) is 10. The Morgan fingerprint density at radius 3 is 2.04 bits per heavy atom. The summed E-state index contributed by atoms with van der Waals surface area (Å²) < 4.78 is 60.2. The minimum absolute atomic E-state index is 0.105. The summed E-state index contributed by atoms with van der Waals surface area (Å²) in [5.41, 5.74) is -4.04. The van der Waals surface area contributed by atoms with Gasteiger partial charge in [-0.1, -0.05) is 35.0 Å². The molecule has 0 bridgehead atoms. The molecule has 0 aliphatic rings. The first-order valence-electron chi connectivity index (χ1n) is 15.8. The van der Waals surface area contributed by atoms with Crippen LogP contribution in [-0.4, -0.2) is 50.3 Å². The number of aromatic nitrogens is 3. The van der Waals surface area contributed by atoms with Crippen molar-refractivity contribution in [2.45, 2.75) is 85.1 Å². The molecule has 0 aliphatic heterocycles. The summed E-state index contributed by atoms with van der Waals surface area (Å²) in [6, 6.07) is 16.1. The van der Waals surface area contributed by atoms with E-state index in [0.29, 0.717) is 11.1 Å². The lowest BCUT2D eigenvalue weighted by Crippen LogP contribution is -2.49. The van der Waals surface area contributed by atoms with E-state index < -0.39 is 64.9 Å². The van der Waals surface area contributed by atoms with E-state index in [0.717, 1.165) is 10.7 Å². The second-order valence-corrected chi connectivity index (χ2v) is 14.1. The zero-order valence-electron chi connectivity index (χ0n) is 28.8. The van der Waals surface area contributed by atoms with Crippen LogP contribution >= 0.6 is 11.6 Å². The summed E-state index contributed by atoms with van der Waals surface area (Å²) in [7, 11) is 0. The lowest BCUT2D eigenvalue weighted by atomic mass is 9.78. The first kappa shape index (κ1) is 38.8. The van der Waals surface area contributed by atoms with Crippen molar-refractivity contribution in [2.24, 2.45) is 5.41 Å². The van der Waals surface area contributed by atoms with Crippen LogP contribution in [0.15, 0.2) is 71.5 Å². The number of rotatable bonds is 12. The van der Waals surface area contributed by atoms with Gasteiger partial charge in [-0.2, -0.15) is 0 Å². The maximum Gasteiger partial charge on any atom is 0.573 e. The number of alkyl halides is 3. The van der Waals surface area contributed by atoms with Crippen LogP contribution in [-0.2, 0) is 32.2 Å². The standard InChI is InChI=1S/C36H37ClF3N3O8/c1-33(2,3)50-31(46)35(32(47)51-34(4,5)6,17-18-43-30(45)25-9-7-8-10-27(25)41-42-43)20-28(44)23-12-14-24(15-13-23)48-21-22-11-16-26(37)29(19-22)49-36(38,39)40/h7-16,19H,17-18,20-21H2,1-6H3. The molecule has 4 aromatic rings. The summed E-state index contributed by atoms with van der Waals surface area (Å²) in [6.45, 7) is 9.22. The van der Waals surface area contributed by atoms with Gasteiger partial charge in [0.1, 0.15) is 34.8 Å². The number of nitrogens with zero attached hydrogens (tertiary/aromatic N) is 3. The minimum Gasteiger partial charge on any atom is -0.489 e. The van der Waals surface area contributed by atoms with Crippen LogP contribution in [0.2, 0.25) is 5.02 Å². The number of carbonyl (C=O) groups excluding carboxylic acids is 3. The van der Waals surface area contributed by atoms with E-state index in [1.54, 1.807) is 65.8 Å². The largest absolute Gasteiger partial charge is 0.573 e. The average molecular weight is 732 g/mol. The van der Waals surface area contributed by atoms with E-state index in [1.807, 2.05) is 0 Å². The smallest absolute Gasteiger partial charge is 0.489 e. The van der Waals surface area contributed by atoms with Gasteiger partial charge in [0.2, 0.25) is 0 Å². The van der Waals surface area contributed by atoms with Crippen molar-refractivity contribution in [2.75, 3.05) is 0 Å². The Morgan fingerprint density at radius 1 is 0.843 bits per heavy atom. The summed E-state index contributed by atoms with van der Waals surface area (Å²) in [4.78, 5) is 55.1. The van der Waals surface area contributed by atoms with Gasteiger partial charge in [0, 0.05) is 18.5 Å². The van der Waals surface area contributed by atoms with Crippen molar-refractivity contribution >= 4 is 40.2 Å². The monoisotopic (exact) mass is 731 g/mol. The molecule has 1 heterocycles. The van der Waals surface area contributed by atoms with Gasteiger partial charge in [0.15, 0.2) is 11.2 Å². The first-order chi connectivity index (χ1) is 23.7. The fourth-order valence-electron chi connectivity index (χ4n) is 4.86. The minimum atomic E-state index is -4.93. The van der Waals surface area contributed by atoms with Gasteiger partial charge < -0.3 is 18.9 Å². The van der Waals surface area contributed by atoms with Crippen LogP contribution in [0, 0.1) is 5.41 Å². The van der Waals surface area contributed by atoms with Crippen molar-refractivity contribution in [1.29, 1.82) is 0 Å². The van der Waals surface area contributed by atoms with Crippen molar-refractivity contribution < 1.29 is 46.5 Å². The molecule has 0 aliphatic carbocycles. The van der Waals surface area contributed by atoms with E-state index in [-0.39, 0.29) is 34.9 Å². The molecule has 3 aromatic carbocycles. The Balaban J connectivity index is 1.62. The molecule has 4 rings (SSSR count). The van der Waals surface area contributed by atoms with Crippen LogP contribution < -0.4 is 15.0 Å². The second kappa shape index (κ2) is 15.1. The Morgan fingerprint density at radius 2 is 1.45 bits per heavy atom. The number of fused-ring (bicyclic) bond motifs is 1. The van der Waals surface area contributed by atoms with Crippen LogP contribution in [0.5, 0.6) is 11.5 Å². The number of ether oxygens (including phenoxy) is 4. The molecule has 0 N–H and O–H groups in total. The van der Waals surface area contributed by atoms with Crippen LogP contribution in [0.3, 0.4) is 0 Å². The van der Waals surface area contributed by atoms with Gasteiger partial charge in [-0.05, 0) is 102 Å². The molecule has 0 spiro atoms. The average Bonchev–Trinajstić information content (AvgIpc) is 3.02. The predicted octanol–water partition coefficient (Wildman–Crippen LogP) is 7.26. The molecule has 1 aromatic heterocycles. The lowest BCUT2D eigenvalue weighted by Gasteiger charge is -2.34. The molecule has 0 amide bonds. The van der Waals surface area contributed by atoms with Crippen LogP contribution in [0.1, 0.15) is 70.3 Å². The number of hydrogen-bond donors (Lipinski definition) is 0. The zero-order chi connectivity index (χ0) is 37.8. The quantitative estimate of drug-likeness (QED) is 0.0832. The van der Waals surface area contributed by atoms with Gasteiger partial charge >= 0.3 is 18.3 Å². The molecule has 272 valence electrons. The molecular formula is C36H37ClF3N3O8. The maximum absolute atomic E-state index is 14.0. The molecule has 0 saturated heterocycles. The van der Waals surface area contributed by atoms with Gasteiger partial charge in [-0.3, -0.25) is 19.2 Å². The Labute approximate surface area is 296 Å². The number of halogens is 4. The normalized spacial score (nSPS) is 12.4. The second-order valence-electron chi connectivity index (χ2n) is 13.7. The van der Waals surface area contributed by atoms with Gasteiger partial charge in [0.25, 0.3) is 5.56 Å². The van der Waals surface area contributed by atoms with Crippen LogP contribution in [0.25, 0.3) is 10.9 Å². The third kappa shape index (κ3) is 10.5. The SMILES string of the molecule is CC(C)(C)OC(=O)C(CCn1nnc2ccccc2c1=O)(CC(=O)c1ccc(OCc2ccc(Cl)c(OC(F)(F)F)c2)cc1)C(=O)OC(C)(C)C. The highest BCUT2D eigenvalue weighted by Gasteiger charge is 2.52. The molecule has 15 heteroatoms. The topological polar surface area (TPSA) is 136 Å². The maximum atomic E-state index is 14.0. The molecule has 0 radical (unpaired) electrons. The summed E-state index contributed by atoms with van der Waals surface area (Å²) >= 11 is 5.82. The fraction of sp³-hybridized carbons (Fsp3) is 0.389. The highest BCUT2D eigenvalue weighted by Crippen LogP contribution is 2.36. The number of benzene rings is 3. The first-order valence-corrected chi connectivity index (χ1v) is 16.1. The van der Waals surface area contributed by atoms with Gasteiger partial charge in [0.05, 0.1) is 10.4 Å². The Kier molecular flexibility index (Phi) is 11.5. The molecule has 11 nitrogen and oxygen atoms in total. The molecule has 0 saturated carbocycles. The molecule has 0 unspecified atom stereocenters. The Hall–Kier alpha value is -4.98. The zero-order valence-corrected chi connectivity index (χ0v) is 29.6. The molecule has 0 atom stereocenters. The van der Waals surface area contributed by atoms with E-state index in [4.69, 9.17) is 25.8 Å². The van der Waals surface area contributed by atoms with E-state index in [1.165, 1.54) is 36.4 Å². The third-order valence-electron chi connectivity index (χ3n) is 7.22. The number of carbonyl (C=O) groups is 3. The summed E-state index contributed by atoms with van der Waals surface area (Å²) in [5.74, 6) is -2.98. The van der Waals surface area contributed by atoms with Crippen molar-refractivity contribution in [3.05, 3.63) is 93.2 Å². The number of Topliss-reactive ketones (excluding diaryl/α,β-unsaturated/α-hetero) is 1. The summed E-state index contributed by atoms with van der Waals surface area (Å²) in [5, 5.41) is 8.09. The van der Waals surface area contributed by atoms with E-state index in [2.05, 4.69) is 15.0 Å². The number of esters is 2. The summed E-state index contributed by atoms with van der Waals surface area (Å²) in [6.07, 6.45) is -6.00. The third-order valence-corrected chi connectivity index (χ3v) is 7.54. The van der Waals surface area contributed by atoms with Crippen molar-refractivity contribution in [3.63, 3.8) is 0 Å². The Bertz CT molecular complexity index is 1940. The fourth-order valence-corrected chi connectivity index (χ4v) is 5.01.